The minimum atomic E-state index is -3.65. The van der Waals surface area contributed by atoms with Crippen LogP contribution < -0.4 is 0 Å². The molecule has 0 aliphatic rings. The van der Waals surface area contributed by atoms with E-state index in [0.717, 1.165) is 15.4 Å². The van der Waals surface area contributed by atoms with Crippen LogP contribution >= 0.6 is 0 Å². The predicted molar refractivity (Wildman–Crippen MR) is 78.0 cm³/mol. The lowest BCUT2D eigenvalue weighted by Crippen LogP contribution is -2.42. The summed E-state index contributed by atoms with van der Waals surface area (Å²) < 4.78 is 25.5. The summed E-state index contributed by atoms with van der Waals surface area (Å²) in [6, 6.07) is 4.43. The van der Waals surface area contributed by atoms with Crippen molar-refractivity contribution in [3.05, 3.63) is 34.9 Å². The normalized spacial score (nSPS) is 13.4. The molecule has 0 spiro atoms. The number of likely N-dealkylation sites (N-methyl/N-ethyl adjacent to an activating group) is 1. The van der Waals surface area contributed by atoms with Crippen molar-refractivity contribution in [2.75, 3.05) is 7.05 Å². The Morgan fingerprint density at radius 1 is 1.30 bits per heavy atom. The molecule has 1 aromatic carbocycles. The van der Waals surface area contributed by atoms with Gasteiger partial charge in [-0.25, -0.2) is 8.42 Å². The first kappa shape index (κ1) is 16.7. The van der Waals surface area contributed by atoms with Crippen LogP contribution in [0.4, 0.5) is 0 Å². The van der Waals surface area contributed by atoms with Gasteiger partial charge in [-0.1, -0.05) is 25.1 Å². The van der Waals surface area contributed by atoms with Crippen molar-refractivity contribution in [2.24, 2.45) is 0 Å². The lowest BCUT2D eigenvalue weighted by atomic mass is 10.1. The minimum absolute atomic E-state index is 0.186. The number of hydrogen-bond acceptors (Lipinski definition) is 3. The van der Waals surface area contributed by atoms with Crippen LogP contribution in [0.15, 0.2) is 18.2 Å². The Balaban J connectivity index is 2.99. The molecule has 1 unspecified atom stereocenters. The van der Waals surface area contributed by atoms with Crippen LogP contribution in [0.5, 0.6) is 0 Å². The average molecular weight is 299 g/mol. The highest BCUT2D eigenvalue weighted by molar-refractivity contribution is 7.88. The zero-order valence-electron chi connectivity index (χ0n) is 12.3. The standard InChI is InChI=1S/C14H21NO4S/c1-5-13(14(16)17)15(4)20(18,19)9-12-7-6-10(2)11(3)8-12/h6-8,13H,5,9H2,1-4H3,(H,16,17). The van der Waals surface area contributed by atoms with E-state index in [4.69, 9.17) is 5.11 Å². The van der Waals surface area contributed by atoms with Gasteiger partial charge in [-0.05, 0) is 37.0 Å². The number of aryl methyl sites for hydroxylation is 2. The summed E-state index contributed by atoms with van der Waals surface area (Å²) in [5.74, 6) is -1.31. The van der Waals surface area contributed by atoms with Crippen LogP contribution in [0.2, 0.25) is 0 Å². The van der Waals surface area contributed by atoms with E-state index < -0.39 is 22.0 Å². The number of benzene rings is 1. The van der Waals surface area contributed by atoms with Crippen LogP contribution in [0, 0.1) is 13.8 Å². The molecule has 1 N–H and O–H groups in total. The Morgan fingerprint density at radius 2 is 1.90 bits per heavy atom. The second kappa shape index (κ2) is 6.37. The largest absolute Gasteiger partial charge is 0.480 e. The average Bonchev–Trinajstić information content (AvgIpc) is 2.33. The summed E-state index contributed by atoms with van der Waals surface area (Å²) in [6.45, 7) is 5.53. The molecular formula is C14H21NO4S. The molecule has 0 saturated carbocycles. The highest BCUT2D eigenvalue weighted by Gasteiger charge is 2.30. The lowest BCUT2D eigenvalue weighted by molar-refractivity contribution is -0.141. The molecule has 0 aliphatic carbocycles. The quantitative estimate of drug-likeness (QED) is 0.871. The van der Waals surface area contributed by atoms with E-state index in [1.165, 1.54) is 7.05 Å². The van der Waals surface area contributed by atoms with Gasteiger partial charge in [0.15, 0.2) is 0 Å². The Labute approximate surface area is 120 Å². The molecule has 0 bridgehead atoms. The Kier molecular flexibility index (Phi) is 5.30. The third kappa shape index (κ3) is 3.80. The van der Waals surface area contributed by atoms with E-state index in [1.54, 1.807) is 13.0 Å². The maximum Gasteiger partial charge on any atom is 0.321 e. The highest BCUT2D eigenvalue weighted by Crippen LogP contribution is 2.16. The molecule has 1 atom stereocenters. The first-order valence-corrected chi connectivity index (χ1v) is 8.04. The van der Waals surface area contributed by atoms with Crippen molar-refractivity contribution < 1.29 is 18.3 Å². The fraction of sp³-hybridized carbons (Fsp3) is 0.500. The number of carbonyl (C=O) groups is 1. The van der Waals surface area contributed by atoms with Gasteiger partial charge in [-0.3, -0.25) is 4.79 Å². The SMILES string of the molecule is CCC(C(=O)O)N(C)S(=O)(=O)Cc1ccc(C)c(C)c1. The van der Waals surface area contributed by atoms with Gasteiger partial charge < -0.3 is 5.11 Å². The fourth-order valence-corrected chi connectivity index (χ4v) is 3.42. The van der Waals surface area contributed by atoms with Crippen molar-refractivity contribution in [1.82, 2.24) is 4.31 Å². The molecule has 1 aromatic rings. The van der Waals surface area contributed by atoms with Gasteiger partial charge in [0.05, 0.1) is 5.75 Å². The fourth-order valence-electron chi connectivity index (χ4n) is 1.99. The summed E-state index contributed by atoms with van der Waals surface area (Å²) in [5.41, 5.74) is 2.78. The van der Waals surface area contributed by atoms with Gasteiger partial charge >= 0.3 is 5.97 Å². The Morgan fingerprint density at radius 3 is 2.35 bits per heavy atom. The second-order valence-electron chi connectivity index (χ2n) is 4.95. The molecule has 0 fully saturated rings. The number of carboxylic acid groups (broad SMARTS) is 1. The highest BCUT2D eigenvalue weighted by atomic mass is 32.2. The number of hydrogen-bond donors (Lipinski definition) is 1. The molecular weight excluding hydrogens is 278 g/mol. The maximum absolute atomic E-state index is 12.3. The molecule has 0 aliphatic heterocycles. The van der Waals surface area contributed by atoms with Crippen LogP contribution in [-0.4, -0.2) is 36.9 Å². The predicted octanol–water partition coefficient (Wildman–Crippen LogP) is 1.93. The number of carboxylic acids is 1. The molecule has 1 rings (SSSR count). The zero-order chi connectivity index (χ0) is 15.5. The van der Waals surface area contributed by atoms with E-state index in [0.29, 0.717) is 5.56 Å². The molecule has 20 heavy (non-hydrogen) atoms. The smallest absolute Gasteiger partial charge is 0.321 e. The van der Waals surface area contributed by atoms with Crippen molar-refractivity contribution in [1.29, 1.82) is 0 Å². The van der Waals surface area contributed by atoms with Crippen LogP contribution in [0.25, 0.3) is 0 Å². The molecule has 6 heteroatoms. The third-order valence-corrected chi connectivity index (χ3v) is 5.30. The number of rotatable bonds is 6. The van der Waals surface area contributed by atoms with E-state index >= 15 is 0 Å². The van der Waals surface area contributed by atoms with Gasteiger partial charge in [0.2, 0.25) is 10.0 Å². The maximum atomic E-state index is 12.3. The topological polar surface area (TPSA) is 74.7 Å². The first-order chi connectivity index (χ1) is 9.19. The van der Waals surface area contributed by atoms with Crippen LogP contribution in [0.1, 0.15) is 30.0 Å². The van der Waals surface area contributed by atoms with E-state index in [9.17, 15) is 13.2 Å². The lowest BCUT2D eigenvalue weighted by Gasteiger charge is -2.23. The van der Waals surface area contributed by atoms with E-state index in [1.807, 2.05) is 26.0 Å². The third-order valence-electron chi connectivity index (χ3n) is 3.47. The summed E-state index contributed by atoms with van der Waals surface area (Å²) in [7, 11) is -2.33. The molecule has 0 radical (unpaired) electrons. The molecule has 0 amide bonds. The summed E-state index contributed by atoms with van der Waals surface area (Å²) in [4.78, 5) is 11.1. The van der Waals surface area contributed by atoms with Crippen molar-refractivity contribution >= 4 is 16.0 Å². The molecule has 0 heterocycles. The molecule has 0 saturated heterocycles. The van der Waals surface area contributed by atoms with E-state index in [-0.39, 0.29) is 12.2 Å². The Hall–Kier alpha value is -1.40. The van der Waals surface area contributed by atoms with Crippen molar-refractivity contribution in [2.45, 2.75) is 39.0 Å². The van der Waals surface area contributed by atoms with Gasteiger partial charge in [0.1, 0.15) is 6.04 Å². The minimum Gasteiger partial charge on any atom is -0.480 e. The van der Waals surface area contributed by atoms with Gasteiger partial charge in [0.25, 0.3) is 0 Å². The summed E-state index contributed by atoms with van der Waals surface area (Å²) in [5, 5.41) is 9.05. The van der Waals surface area contributed by atoms with Gasteiger partial charge in [-0.15, -0.1) is 0 Å². The first-order valence-electron chi connectivity index (χ1n) is 6.43. The number of nitrogens with zero attached hydrogens (tertiary/aromatic N) is 1. The molecule has 5 nitrogen and oxygen atoms in total. The van der Waals surface area contributed by atoms with Gasteiger partial charge in [-0.2, -0.15) is 4.31 Å². The van der Waals surface area contributed by atoms with Gasteiger partial charge in [0, 0.05) is 7.05 Å². The monoisotopic (exact) mass is 299 g/mol. The number of aliphatic carboxylic acids is 1. The second-order valence-corrected chi connectivity index (χ2v) is 6.98. The zero-order valence-corrected chi connectivity index (χ0v) is 13.1. The summed E-state index contributed by atoms with van der Waals surface area (Å²) >= 11 is 0. The number of sulfonamides is 1. The molecule has 0 aromatic heterocycles. The summed E-state index contributed by atoms with van der Waals surface area (Å²) in [6.07, 6.45) is 0.234. The van der Waals surface area contributed by atoms with Crippen molar-refractivity contribution in [3.8, 4) is 0 Å². The van der Waals surface area contributed by atoms with Crippen LogP contribution in [-0.2, 0) is 20.6 Å². The Bertz CT molecular complexity index is 595. The van der Waals surface area contributed by atoms with Crippen LogP contribution in [0.3, 0.4) is 0 Å². The van der Waals surface area contributed by atoms with Crippen molar-refractivity contribution in [3.63, 3.8) is 0 Å². The van der Waals surface area contributed by atoms with E-state index in [2.05, 4.69) is 0 Å². The molecule has 112 valence electrons.